The zero-order chi connectivity index (χ0) is 7.78. The Bertz CT molecular complexity index is 265. The SMILES string of the molecule is C[Si](C)(C)c1c[se]c(=[Se])[se]1. The molecule has 0 saturated heterocycles. The zero-order valence-electron chi connectivity index (χ0n) is 6.30. The van der Waals surface area contributed by atoms with Crippen molar-refractivity contribution >= 4 is 56.7 Å². The molecular weight excluding hydrogens is 337 g/mol. The van der Waals surface area contributed by atoms with E-state index < -0.39 is 8.07 Å². The first-order chi connectivity index (χ1) is 4.50. The van der Waals surface area contributed by atoms with Gasteiger partial charge in [0.05, 0.1) is 0 Å². The summed E-state index contributed by atoms with van der Waals surface area (Å²) in [5, 5.41) is 0. The zero-order valence-corrected chi connectivity index (χ0v) is 12.4. The second kappa shape index (κ2) is 3.41. The van der Waals surface area contributed by atoms with E-state index in [4.69, 9.17) is 0 Å². The van der Waals surface area contributed by atoms with E-state index in [2.05, 4.69) is 40.2 Å². The maximum absolute atomic E-state index is 3.18. The Kier molecular flexibility index (Phi) is 3.23. The fourth-order valence-corrected chi connectivity index (χ4v) is 13.5. The molecule has 0 aliphatic carbocycles. The van der Waals surface area contributed by atoms with Gasteiger partial charge in [-0.3, -0.25) is 0 Å². The van der Waals surface area contributed by atoms with Crippen molar-refractivity contribution in [3.8, 4) is 0 Å². The molecule has 0 aliphatic heterocycles. The van der Waals surface area contributed by atoms with Crippen molar-refractivity contribution in [3.63, 3.8) is 0 Å². The second-order valence-electron chi connectivity index (χ2n) is 3.20. The molecule has 0 unspecified atom stereocenters. The van der Waals surface area contributed by atoms with Crippen LogP contribution >= 0.6 is 0 Å². The van der Waals surface area contributed by atoms with E-state index in [0.717, 1.165) is 29.0 Å². The number of hydrogen-bond donors (Lipinski definition) is 0. The van der Waals surface area contributed by atoms with Crippen LogP contribution in [0.3, 0.4) is 0 Å². The molecule has 0 aromatic carbocycles. The summed E-state index contributed by atoms with van der Waals surface area (Å²) in [6.45, 7) is 7.32. The standard InChI is InChI=1S/C6H10Se3Si/c1-10(2,3)5-4-8-6(7)9-5/h4H,1-3H3. The first kappa shape index (κ1) is 9.47. The Balaban J connectivity index is 3.07. The molecule has 4 heteroatoms. The van der Waals surface area contributed by atoms with E-state index >= 15 is 0 Å². The molecule has 0 amide bonds. The van der Waals surface area contributed by atoms with Gasteiger partial charge in [-0.2, -0.15) is 0 Å². The summed E-state index contributed by atoms with van der Waals surface area (Å²) in [6.07, 6.45) is 0. The Morgan fingerprint density at radius 3 is 2.20 bits per heavy atom. The van der Waals surface area contributed by atoms with E-state index in [1.807, 2.05) is 4.06 Å². The van der Waals surface area contributed by atoms with Gasteiger partial charge < -0.3 is 0 Å². The molecule has 0 spiro atoms. The van der Waals surface area contributed by atoms with Gasteiger partial charge in [-0.25, -0.2) is 0 Å². The Morgan fingerprint density at radius 2 is 2.00 bits per heavy atom. The normalized spacial score (nSPS) is 11.9. The quantitative estimate of drug-likeness (QED) is 0.630. The first-order valence-electron chi connectivity index (χ1n) is 3.09. The molecule has 1 heterocycles. The van der Waals surface area contributed by atoms with Crippen LogP contribution in [0, 0.1) is 1.81 Å². The molecule has 1 aromatic rings. The summed E-state index contributed by atoms with van der Waals surface area (Å²) in [5.41, 5.74) is 0. The minimum absolute atomic E-state index is 0.718. The fourth-order valence-electron chi connectivity index (χ4n) is 0.569. The van der Waals surface area contributed by atoms with Gasteiger partial charge in [0.25, 0.3) is 0 Å². The molecule has 0 bridgehead atoms. The van der Waals surface area contributed by atoms with Crippen LogP contribution in [0.1, 0.15) is 0 Å². The van der Waals surface area contributed by atoms with Crippen LogP contribution < -0.4 is 4.06 Å². The molecule has 1 rings (SSSR count). The van der Waals surface area contributed by atoms with Crippen molar-refractivity contribution in [2.45, 2.75) is 19.6 Å². The second-order valence-corrected chi connectivity index (χ2v) is 17.9. The van der Waals surface area contributed by atoms with Gasteiger partial charge in [0, 0.05) is 0 Å². The molecule has 0 nitrogen and oxygen atoms in total. The predicted octanol–water partition coefficient (Wildman–Crippen LogP) is 0.0463. The Hall–Kier alpha value is 1.39. The summed E-state index contributed by atoms with van der Waals surface area (Å²) in [6, 6.07) is 0. The van der Waals surface area contributed by atoms with Gasteiger partial charge in [0.2, 0.25) is 0 Å². The van der Waals surface area contributed by atoms with Gasteiger partial charge in [0.1, 0.15) is 0 Å². The van der Waals surface area contributed by atoms with Gasteiger partial charge in [-0.1, -0.05) is 0 Å². The third-order valence-electron chi connectivity index (χ3n) is 1.19. The van der Waals surface area contributed by atoms with Gasteiger partial charge in [-0.05, 0) is 0 Å². The monoisotopic (exact) mass is 350 g/mol. The van der Waals surface area contributed by atoms with Crippen molar-refractivity contribution in [1.82, 2.24) is 0 Å². The first-order valence-corrected chi connectivity index (χ1v) is 11.0. The molecule has 0 saturated carbocycles. The van der Waals surface area contributed by atoms with Crippen molar-refractivity contribution in [1.29, 1.82) is 0 Å². The molecule has 0 radical (unpaired) electrons. The van der Waals surface area contributed by atoms with Gasteiger partial charge >= 0.3 is 83.1 Å². The van der Waals surface area contributed by atoms with Gasteiger partial charge in [0.15, 0.2) is 0 Å². The van der Waals surface area contributed by atoms with Crippen LogP contribution in [0.5, 0.6) is 0 Å². The topological polar surface area (TPSA) is 0 Å². The van der Waals surface area contributed by atoms with Crippen LogP contribution in [-0.2, 0) is 0 Å². The average Bonchev–Trinajstić information content (AvgIpc) is 2.11. The third kappa shape index (κ3) is 2.46. The number of rotatable bonds is 1. The van der Waals surface area contributed by atoms with E-state index in [-0.39, 0.29) is 0 Å². The molecule has 0 atom stereocenters. The molecule has 1 aromatic heterocycles. The minimum atomic E-state index is -0.902. The van der Waals surface area contributed by atoms with Gasteiger partial charge in [-0.15, -0.1) is 0 Å². The van der Waals surface area contributed by atoms with Crippen LogP contribution in [0.25, 0.3) is 0 Å². The van der Waals surface area contributed by atoms with Crippen molar-refractivity contribution in [3.05, 3.63) is 6.75 Å². The average molecular weight is 347 g/mol. The summed E-state index contributed by atoms with van der Waals surface area (Å²) in [5.74, 6) is 0. The van der Waals surface area contributed by atoms with Crippen LogP contribution in [-0.4, -0.2) is 52.7 Å². The fraction of sp³-hybridized carbons (Fsp3) is 0.500. The van der Waals surface area contributed by atoms with Crippen LogP contribution in [0.4, 0.5) is 0 Å². The molecule has 10 heavy (non-hydrogen) atoms. The summed E-state index contributed by atoms with van der Waals surface area (Å²) in [7, 11) is -0.902. The van der Waals surface area contributed by atoms with Crippen molar-refractivity contribution in [2.24, 2.45) is 0 Å². The van der Waals surface area contributed by atoms with Crippen molar-refractivity contribution in [2.75, 3.05) is 0 Å². The Morgan fingerprint density at radius 1 is 1.40 bits per heavy atom. The maximum atomic E-state index is 3.18. The summed E-state index contributed by atoms with van der Waals surface area (Å²) < 4.78 is 3.46. The van der Waals surface area contributed by atoms with E-state index in [9.17, 15) is 0 Å². The van der Waals surface area contributed by atoms with Crippen LogP contribution in [0.15, 0.2) is 4.94 Å². The van der Waals surface area contributed by atoms with E-state index in [0.29, 0.717) is 0 Å². The van der Waals surface area contributed by atoms with E-state index in [1.54, 1.807) is 1.81 Å². The summed E-state index contributed by atoms with van der Waals surface area (Å²) >= 11 is 4.64. The number of hydrogen-bond acceptors (Lipinski definition) is 0. The third-order valence-corrected chi connectivity index (χ3v) is 14.5. The molecule has 0 N–H and O–H groups in total. The molecule has 0 aliphatic rings. The van der Waals surface area contributed by atoms with E-state index in [1.165, 1.54) is 0 Å². The van der Waals surface area contributed by atoms with Crippen molar-refractivity contribution < 1.29 is 0 Å². The molecule has 56 valence electrons. The Labute approximate surface area is 82.5 Å². The summed E-state index contributed by atoms with van der Waals surface area (Å²) in [4.78, 5) is 2.51. The molecule has 0 fully saturated rings. The molecular formula is C6H10Se3Si. The predicted molar refractivity (Wildman–Crippen MR) is 52.3 cm³/mol. The van der Waals surface area contributed by atoms with Crippen LogP contribution in [0.2, 0.25) is 19.6 Å².